The van der Waals surface area contributed by atoms with E-state index in [1.54, 1.807) is 6.92 Å². The highest BCUT2D eigenvalue weighted by molar-refractivity contribution is 4.75. The van der Waals surface area contributed by atoms with Crippen molar-refractivity contribution in [3.8, 4) is 0 Å². The first-order valence-electron chi connectivity index (χ1n) is 5.98. The average molecular weight is 231 g/mol. The number of aliphatic hydroxyl groups excluding tert-OH is 1. The highest BCUT2D eigenvalue weighted by atomic mass is 16.3. The molecule has 96 valence electrons. The second-order valence-electron chi connectivity index (χ2n) is 4.98. The normalized spacial score (nSPS) is 23.2. The second kappa shape index (κ2) is 6.51. The first-order chi connectivity index (χ1) is 7.53. The van der Waals surface area contributed by atoms with Crippen molar-refractivity contribution in [2.75, 3.05) is 59.5 Å². The van der Waals surface area contributed by atoms with E-state index in [0.717, 1.165) is 39.3 Å². The summed E-state index contributed by atoms with van der Waals surface area (Å²) in [4.78, 5) is 4.75. The van der Waals surface area contributed by atoms with E-state index in [0.29, 0.717) is 6.54 Å². The molecule has 0 aromatic carbocycles. The molecule has 1 saturated heterocycles. The number of hydrogen-bond donors (Lipinski definition) is 3. The smallest absolute Gasteiger partial charge is 0.0972 e. The quantitative estimate of drug-likeness (QED) is 0.489. The van der Waals surface area contributed by atoms with E-state index in [-0.39, 0.29) is 6.61 Å². The third-order valence-corrected chi connectivity index (χ3v) is 3.05. The van der Waals surface area contributed by atoms with Gasteiger partial charge < -0.3 is 20.4 Å². The van der Waals surface area contributed by atoms with Crippen LogP contribution in [0.1, 0.15) is 6.92 Å². The molecule has 0 aromatic rings. The van der Waals surface area contributed by atoms with Crippen LogP contribution in [-0.2, 0) is 0 Å². The van der Waals surface area contributed by atoms with Gasteiger partial charge in [-0.1, -0.05) is 0 Å². The Morgan fingerprint density at radius 1 is 1.25 bits per heavy atom. The van der Waals surface area contributed by atoms with Gasteiger partial charge in [-0.3, -0.25) is 4.90 Å². The molecule has 1 unspecified atom stereocenters. The Morgan fingerprint density at radius 2 is 1.88 bits per heavy atom. The lowest BCUT2D eigenvalue weighted by atomic mass is 10.1. The Balaban J connectivity index is 2.03. The number of piperazine rings is 1. The summed E-state index contributed by atoms with van der Waals surface area (Å²) in [5.41, 5.74) is -0.998. The van der Waals surface area contributed by atoms with Gasteiger partial charge in [0.1, 0.15) is 0 Å². The van der Waals surface area contributed by atoms with Gasteiger partial charge in [-0.05, 0) is 14.0 Å². The van der Waals surface area contributed by atoms with Crippen molar-refractivity contribution < 1.29 is 10.2 Å². The topological polar surface area (TPSA) is 59.0 Å². The van der Waals surface area contributed by atoms with Crippen molar-refractivity contribution in [3.05, 3.63) is 0 Å². The van der Waals surface area contributed by atoms with Crippen LogP contribution in [0.5, 0.6) is 0 Å². The lowest BCUT2D eigenvalue weighted by Crippen LogP contribution is -2.48. The molecule has 1 rings (SSSR count). The van der Waals surface area contributed by atoms with E-state index in [1.165, 1.54) is 0 Å². The van der Waals surface area contributed by atoms with Crippen LogP contribution in [0.15, 0.2) is 0 Å². The second-order valence-corrected chi connectivity index (χ2v) is 4.98. The minimum atomic E-state index is -0.998. The molecule has 0 saturated carbocycles. The van der Waals surface area contributed by atoms with Gasteiger partial charge in [0.05, 0.1) is 12.2 Å². The Labute approximate surface area is 98.0 Å². The summed E-state index contributed by atoms with van der Waals surface area (Å²) in [6, 6.07) is 0. The fraction of sp³-hybridized carbons (Fsp3) is 1.00. The van der Waals surface area contributed by atoms with Crippen molar-refractivity contribution >= 4 is 0 Å². The largest absolute Gasteiger partial charge is 0.393 e. The lowest BCUT2D eigenvalue weighted by Gasteiger charge is -2.32. The lowest BCUT2D eigenvalue weighted by molar-refractivity contribution is 0.00236. The third kappa shape index (κ3) is 5.23. The molecule has 1 aliphatic rings. The molecule has 5 heteroatoms. The molecule has 0 aliphatic carbocycles. The maximum Gasteiger partial charge on any atom is 0.0972 e. The van der Waals surface area contributed by atoms with Crippen LogP contribution in [0.3, 0.4) is 0 Å². The standard InChI is InChI=1S/C11H25N3O2/c1-11(16,10-15)9-12-3-4-14-7-5-13(2)6-8-14/h12,15-16H,3-10H2,1-2H3. The Kier molecular flexibility index (Phi) is 5.64. The number of nitrogens with one attached hydrogen (secondary N) is 1. The predicted octanol–water partition coefficient (Wildman–Crippen LogP) is -1.43. The van der Waals surface area contributed by atoms with Gasteiger partial charge in [0.2, 0.25) is 0 Å². The molecule has 1 fully saturated rings. The number of aliphatic hydroxyl groups is 2. The van der Waals surface area contributed by atoms with Crippen LogP contribution in [0.4, 0.5) is 0 Å². The molecule has 0 bridgehead atoms. The van der Waals surface area contributed by atoms with E-state index in [2.05, 4.69) is 22.2 Å². The summed E-state index contributed by atoms with van der Waals surface area (Å²) in [6.07, 6.45) is 0. The SMILES string of the molecule is CN1CCN(CCNCC(C)(O)CO)CC1. The van der Waals surface area contributed by atoms with Gasteiger partial charge in [-0.2, -0.15) is 0 Å². The molecule has 1 aliphatic heterocycles. The van der Waals surface area contributed by atoms with E-state index < -0.39 is 5.60 Å². The van der Waals surface area contributed by atoms with Gasteiger partial charge in [0, 0.05) is 45.8 Å². The van der Waals surface area contributed by atoms with Crippen LogP contribution in [0.2, 0.25) is 0 Å². The minimum Gasteiger partial charge on any atom is -0.393 e. The van der Waals surface area contributed by atoms with Crippen LogP contribution >= 0.6 is 0 Å². The van der Waals surface area contributed by atoms with Crippen molar-refractivity contribution in [1.29, 1.82) is 0 Å². The molecule has 0 radical (unpaired) electrons. The zero-order valence-electron chi connectivity index (χ0n) is 10.4. The minimum absolute atomic E-state index is 0.200. The number of rotatable bonds is 6. The molecule has 0 spiro atoms. The predicted molar refractivity (Wildman–Crippen MR) is 64.5 cm³/mol. The maximum absolute atomic E-state index is 9.56. The summed E-state index contributed by atoms with van der Waals surface area (Å²) in [6.45, 7) is 8.25. The molecular formula is C11H25N3O2. The first kappa shape index (κ1) is 13.9. The highest BCUT2D eigenvalue weighted by Gasteiger charge is 2.18. The molecule has 3 N–H and O–H groups in total. The van der Waals surface area contributed by atoms with Crippen molar-refractivity contribution in [2.24, 2.45) is 0 Å². The zero-order valence-corrected chi connectivity index (χ0v) is 10.4. The fourth-order valence-corrected chi connectivity index (χ4v) is 1.72. The van der Waals surface area contributed by atoms with Gasteiger partial charge in [-0.25, -0.2) is 0 Å². The Hall–Kier alpha value is -0.200. The first-order valence-corrected chi connectivity index (χ1v) is 5.98. The van der Waals surface area contributed by atoms with Gasteiger partial charge in [0.15, 0.2) is 0 Å². The number of likely N-dealkylation sites (N-methyl/N-ethyl adjacent to an activating group) is 1. The fourth-order valence-electron chi connectivity index (χ4n) is 1.72. The van der Waals surface area contributed by atoms with Crippen LogP contribution in [0, 0.1) is 0 Å². The molecule has 16 heavy (non-hydrogen) atoms. The van der Waals surface area contributed by atoms with Crippen molar-refractivity contribution in [1.82, 2.24) is 15.1 Å². The van der Waals surface area contributed by atoms with Gasteiger partial charge >= 0.3 is 0 Å². The summed E-state index contributed by atoms with van der Waals surface area (Å²) < 4.78 is 0. The summed E-state index contributed by atoms with van der Waals surface area (Å²) in [5.74, 6) is 0. The van der Waals surface area contributed by atoms with E-state index in [9.17, 15) is 5.11 Å². The van der Waals surface area contributed by atoms with Gasteiger partial charge in [0.25, 0.3) is 0 Å². The Morgan fingerprint density at radius 3 is 2.44 bits per heavy atom. The number of nitrogens with zero attached hydrogens (tertiary/aromatic N) is 2. The number of hydrogen-bond acceptors (Lipinski definition) is 5. The van der Waals surface area contributed by atoms with Crippen LogP contribution in [0.25, 0.3) is 0 Å². The molecule has 0 amide bonds. The van der Waals surface area contributed by atoms with E-state index >= 15 is 0 Å². The third-order valence-electron chi connectivity index (χ3n) is 3.05. The van der Waals surface area contributed by atoms with E-state index in [4.69, 9.17) is 5.11 Å². The average Bonchev–Trinajstić information content (AvgIpc) is 2.27. The molecule has 5 nitrogen and oxygen atoms in total. The maximum atomic E-state index is 9.56. The molecule has 0 aromatic heterocycles. The Bertz CT molecular complexity index is 192. The molecule has 1 heterocycles. The summed E-state index contributed by atoms with van der Waals surface area (Å²) in [7, 11) is 2.15. The van der Waals surface area contributed by atoms with Gasteiger partial charge in [-0.15, -0.1) is 0 Å². The summed E-state index contributed by atoms with van der Waals surface area (Å²) >= 11 is 0. The van der Waals surface area contributed by atoms with Crippen LogP contribution in [-0.4, -0.2) is 85.1 Å². The van der Waals surface area contributed by atoms with Crippen LogP contribution < -0.4 is 5.32 Å². The van der Waals surface area contributed by atoms with Crippen molar-refractivity contribution in [2.45, 2.75) is 12.5 Å². The van der Waals surface area contributed by atoms with Crippen molar-refractivity contribution in [3.63, 3.8) is 0 Å². The zero-order chi connectivity index (χ0) is 12.0. The summed E-state index contributed by atoms with van der Waals surface area (Å²) in [5, 5.41) is 21.6. The highest BCUT2D eigenvalue weighted by Crippen LogP contribution is 1.99. The van der Waals surface area contributed by atoms with E-state index in [1.807, 2.05) is 0 Å². The molecular weight excluding hydrogens is 206 g/mol. The monoisotopic (exact) mass is 231 g/mol. The molecule has 1 atom stereocenters.